The Morgan fingerprint density at radius 2 is 1.92 bits per heavy atom. The first kappa shape index (κ1) is 10.0. The fourth-order valence-corrected chi connectivity index (χ4v) is 2.00. The molecule has 1 aromatic rings. The molecule has 0 amide bonds. The van der Waals surface area contributed by atoms with Crippen molar-refractivity contribution in [3.8, 4) is 5.75 Å². The smallest absolute Gasteiger partial charge is 0.139 e. The van der Waals surface area contributed by atoms with E-state index in [4.69, 9.17) is 27.9 Å². The second-order valence-electron chi connectivity index (χ2n) is 2.12. The van der Waals surface area contributed by atoms with E-state index in [-0.39, 0.29) is 0 Å². The molecule has 0 aliphatic rings. The van der Waals surface area contributed by atoms with Gasteiger partial charge in [0, 0.05) is 11.0 Å². The molecule has 0 N–H and O–H groups in total. The molecule has 0 saturated carbocycles. The lowest BCUT2D eigenvalue weighted by molar-refractivity contribution is 0.415. The van der Waals surface area contributed by atoms with Crippen LogP contribution in [0.4, 0.5) is 0 Å². The van der Waals surface area contributed by atoms with E-state index in [1.165, 1.54) is 0 Å². The van der Waals surface area contributed by atoms with Crippen LogP contribution in [0, 0.1) is 0 Å². The van der Waals surface area contributed by atoms with E-state index in [1.54, 1.807) is 31.0 Å². The van der Waals surface area contributed by atoms with Crippen LogP contribution in [-0.4, -0.2) is 13.4 Å². The van der Waals surface area contributed by atoms with Gasteiger partial charge >= 0.3 is 0 Å². The number of hydrogen-bond acceptors (Lipinski definition) is 2. The van der Waals surface area contributed by atoms with E-state index in [0.29, 0.717) is 15.8 Å². The van der Waals surface area contributed by atoms with Crippen LogP contribution < -0.4 is 4.74 Å². The van der Waals surface area contributed by atoms with E-state index in [2.05, 4.69) is 0 Å². The third-order valence-electron chi connectivity index (χ3n) is 1.43. The number of rotatable bonds is 2. The Kier molecular flexibility index (Phi) is 3.56. The van der Waals surface area contributed by atoms with E-state index in [9.17, 15) is 0 Å². The topological polar surface area (TPSA) is 9.23 Å². The molecule has 0 atom stereocenters. The van der Waals surface area contributed by atoms with Gasteiger partial charge in [0.1, 0.15) is 5.75 Å². The zero-order valence-electron chi connectivity index (χ0n) is 6.73. The normalized spacial score (nSPS) is 10.0. The molecule has 1 nitrogen and oxygen atoms in total. The summed E-state index contributed by atoms with van der Waals surface area (Å²) >= 11 is 13.4. The molecule has 0 bridgehead atoms. The van der Waals surface area contributed by atoms with Gasteiger partial charge in [-0.3, -0.25) is 0 Å². The van der Waals surface area contributed by atoms with Crippen molar-refractivity contribution >= 4 is 35.0 Å². The molecule has 0 spiro atoms. The predicted molar refractivity (Wildman–Crippen MR) is 54.8 cm³/mol. The Morgan fingerprint density at radius 1 is 1.25 bits per heavy atom. The monoisotopic (exact) mass is 222 g/mol. The van der Waals surface area contributed by atoms with Crippen molar-refractivity contribution in [2.45, 2.75) is 4.90 Å². The van der Waals surface area contributed by atoms with E-state index < -0.39 is 0 Å². The maximum atomic E-state index is 5.92. The van der Waals surface area contributed by atoms with Crippen LogP contribution in [0.1, 0.15) is 0 Å². The lowest BCUT2D eigenvalue weighted by Gasteiger charge is -2.06. The van der Waals surface area contributed by atoms with Gasteiger partial charge < -0.3 is 4.74 Å². The summed E-state index contributed by atoms with van der Waals surface area (Å²) in [5.41, 5.74) is 0. The molecule has 0 heterocycles. The Bertz CT molecular complexity index is 259. The van der Waals surface area contributed by atoms with Crippen LogP contribution >= 0.6 is 35.0 Å². The number of methoxy groups -OCH3 is 1. The minimum Gasteiger partial charge on any atom is -0.495 e. The Balaban J connectivity index is 3.16. The van der Waals surface area contributed by atoms with Crippen LogP contribution in [0.2, 0.25) is 10.0 Å². The number of ether oxygens (including phenoxy) is 1. The second kappa shape index (κ2) is 4.26. The van der Waals surface area contributed by atoms with Gasteiger partial charge in [-0.1, -0.05) is 23.2 Å². The van der Waals surface area contributed by atoms with Crippen molar-refractivity contribution in [3.05, 3.63) is 22.2 Å². The van der Waals surface area contributed by atoms with Gasteiger partial charge in [0.2, 0.25) is 0 Å². The van der Waals surface area contributed by atoms with E-state index >= 15 is 0 Å². The van der Waals surface area contributed by atoms with Gasteiger partial charge in [-0.25, -0.2) is 0 Å². The predicted octanol–water partition coefficient (Wildman–Crippen LogP) is 3.72. The maximum absolute atomic E-state index is 5.92. The van der Waals surface area contributed by atoms with Crippen molar-refractivity contribution in [2.75, 3.05) is 13.4 Å². The SMILES string of the molecule is COc1cc(Cl)c(SC)cc1Cl. The van der Waals surface area contributed by atoms with Crippen LogP contribution in [0.25, 0.3) is 0 Å². The molecule has 66 valence electrons. The number of thioether (sulfide) groups is 1. The molecular formula is C8H8Cl2OS. The highest BCUT2D eigenvalue weighted by atomic mass is 35.5. The highest BCUT2D eigenvalue weighted by Gasteiger charge is 2.05. The molecule has 0 aliphatic heterocycles. The van der Waals surface area contributed by atoms with E-state index in [1.807, 2.05) is 6.26 Å². The maximum Gasteiger partial charge on any atom is 0.139 e. The standard InChI is InChI=1S/C8H8Cl2OS/c1-11-7-3-6(10)8(12-2)4-5(7)9/h3-4H,1-2H3. The molecule has 0 aromatic heterocycles. The van der Waals surface area contributed by atoms with Gasteiger partial charge in [0.05, 0.1) is 17.2 Å². The average molecular weight is 223 g/mol. The number of hydrogen-bond donors (Lipinski definition) is 0. The quantitative estimate of drug-likeness (QED) is 0.706. The summed E-state index contributed by atoms with van der Waals surface area (Å²) in [6, 6.07) is 3.52. The summed E-state index contributed by atoms with van der Waals surface area (Å²) in [6.45, 7) is 0. The lowest BCUT2D eigenvalue weighted by atomic mass is 10.3. The summed E-state index contributed by atoms with van der Waals surface area (Å²) in [7, 11) is 1.57. The summed E-state index contributed by atoms with van der Waals surface area (Å²) in [6.07, 6.45) is 1.95. The minimum atomic E-state index is 0.589. The Labute approximate surface area is 86.0 Å². The van der Waals surface area contributed by atoms with Crippen LogP contribution in [0.5, 0.6) is 5.75 Å². The van der Waals surface area contributed by atoms with Crippen LogP contribution in [0.15, 0.2) is 17.0 Å². The molecule has 12 heavy (non-hydrogen) atoms. The molecule has 4 heteroatoms. The Hall–Kier alpha value is -0.0500. The van der Waals surface area contributed by atoms with Gasteiger partial charge in [-0.2, -0.15) is 0 Å². The first-order valence-electron chi connectivity index (χ1n) is 3.26. The molecule has 0 unspecified atom stereocenters. The Morgan fingerprint density at radius 3 is 2.42 bits per heavy atom. The highest BCUT2D eigenvalue weighted by Crippen LogP contribution is 2.34. The summed E-state index contributed by atoms with van der Waals surface area (Å²) in [5, 5.41) is 1.26. The third kappa shape index (κ3) is 2.00. The van der Waals surface area contributed by atoms with Crippen molar-refractivity contribution < 1.29 is 4.74 Å². The van der Waals surface area contributed by atoms with Crippen molar-refractivity contribution in [2.24, 2.45) is 0 Å². The summed E-state index contributed by atoms with van der Waals surface area (Å²) in [4.78, 5) is 0.961. The number of benzene rings is 1. The summed E-state index contributed by atoms with van der Waals surface area (Å²) < 4.78 is 5.00. The van der Waals surface area contributed by atoms with Crippen molar-refractivity contribution in [1.82, 2.24) is 0 Å². The van der Waals surface area contributed by atoms with Crippen LogP contribution in [0.3, 0.4) is 0 Å². The highest BCUT2D eigenvalue weighted by molar-refractivity contribution is 7.98. The minimum absolute atomic E-state index is 0.589. The van der Waals surface area contributed by atoms with E-state index in [0.717, 1.165) is 4.90 Å². The van der Waals surface area contributed by atoms with Crippen LogP contribution in [-0.2, 0) is 0 Å². The fraction of sp³-hybridized carbons (Fsp3) is 0.250. The first-order chi connectivity index (χ1) is 5.69. The largest absolute Gasteiger partial charge is 0.495 e. The first-order valence-corrected chi connectivity index (χ1v) is 5.24. The average Bonchev–Trinajstić information content (AvgIpc) is 2.08. The molecule has 0 fully saturated rings. The zero-order chi connectivity index (χ0) is 9.14. The summed E-state index contributed by atoms with van der Waals surface area (Å²) in [5.74, 6) is 0.611. The molecule has 0 saturated heterocycles. The molecule has 1 aromatic carbocycles. The molecule has 1 rings (SSSR count). The fourth-order valence-electron chi connectivity index (χ4n) is 0.823. The number of halogens is 2. The van der Waals surface area contributed by atoms with Gasteiger partial charge in [0.25, 0.3) is 0 Å². The molecule has 0 radical (unpaired) electrons. The molecule has 0 aliphatic carbocycles. The zero-order valence-corrected chi connectivity index (χ0v) is 9.06. The molecular weight excluding hydrogens is 215 g/mol. The van der Waals surface area contributed by atoms with Gasteiger partial charge in [-0.05, 0) is 12.3 Å². The van der Waals surface area contributed by atoms with Gasteiger partial charge in [-0.15, -0.1) is 11.8 Å². The second-order valence-corrected chi connectivity index (χ2v) is 3.78. The third-order valence-corrected chi connectivity index (χ3v) is 2.92. The van der Waals surface area contributed by atoms with Gasteiger partial charge in [0.15, 0.2) is 0 Å². The van der Waals surface area contributed by atoms with Crippen molar-refractivity contribution in [3.63, 3.8) is 0 Å². The van der Waals surface area contributed by atoms with Crippen molar-refractivity contribution in [1.29, 1.82) is 0 Å². The lowest BCUT2D eigenvalue weighted by Crippen LogP contribution is -1.84.